The van der Waals surface area contributed by atoms with E-state index in [2.05, 4.69) is 11.3 Å². The second kappa shape index (κ2) is 6.27. The lowest BCUT2D eigenvalue weighted by atomic mass is 10.3. The summed E-state index contributed by atoms with van der Waals surface area (Å²) in [5.41, 5.74) is 5.77. The van der Waals surface area contributed by atoms with Crippen molar-refractivity contribution in [1.29, 1.82) is 0 Å². The Kier molecular flexibility index (Phi) is 4.99. The maximum atomic E-state index is 11.5. The van der Waals surface area contributed by atoms with Crippen LogP contribution in [0.4, 0.5) is 5.69 Å². The molecule has 3 N–H and O–H groups in total. The molecular weight excluding hydrogens is 240 g/mol. The minimum atomic E-state index is -3.37. The van der Waals surface area contributed by atoms with Crippen molar-refractivity contribution in [1.82, 2.24) is 0 Å². The van der Waals surface area contributed by atoms with E-state index in [1.165, 1.54) is 6.08 Å². The molecule has 1 aromatic carbocycles. The van der Waals surface area contributed by atoms with Gasteiger partial charge in [0.15, 0.2) is 0 Å². The molecule has 17 heavy (non-hydrogen) atoms. The molecule has 0 unspecified atom stereocenters. The molecule has 1 rings (SSSR count). The van der Waals surface area contributed by atoms with E-state index < -0.39 is 10.0 Å². The third kappa shape index (κ3) is 4.88. The first-order valence-corrected chi connectivity index (χ1v) is 6.77. The van der Waals surface area contributed by atoms with Crippen molar-refractivity contribution in [2.75, 3.05) is 23.6 Å². The van der Waals surface area contributed by atoms with E-state index in [9.17, 15) is 8.42 Å². The number of hydrogen-bond acceptors (Lipinski definition) is 4. The zero-order valence-corrected chi connectivity index (χ0v) is 10.2. The fraction of sp³-hybridized carbons (Fsp3) is 0.273. The summed E-state index contributed by atoms with van der Waals surface area (Å²) in [5.74, 6) is 0.454. The van der Waals surface area contributed by atoms with Gasteiger partial charge in [0.25, 0.3) is 0 Å². The number of nitrogens with one attached hydrogen (secondary N) is 1. The van der Waals surface area contributed by atoms with Crippen molar-refractivity contribution in [3.05, 3.63) is 36.9 Å². The molecule has 94 valence electrons. The van der Waals surface area contributed by atoms with Crippen LogP contribution in [0.1, 0.15) is 0 Å². The van der Waals surface area contributed by atoms with Gasteiger partial charge in [-0.15, -0.1) is 6.58 Å². The molecule has 0 aliphatic heterocycles. The van der Waals surface area contributed by atoms with Crippen molar-refractivity contribution in [3.8, 4) is 5.75 Å². The molecule has 1 aromatic rings. The Hall–Kier alpha value is -1.53. The van der Waals surface area contributed by atoms with E-state index in [1.807, 2.05) is 0 Å². The molecule has 6 heteroatoms. The average Bonchev–Trinajstić information content (AvgIpc) is 2.26. The largest absolute Gasteiger partial charge is 0.492 e. The van der Waals surface area contributed by atoms with Gasteiger partial charge in [-0.1, -0.05) is 12.1 Å². The molecule has 0 atom stereocenters. The molecule has 0 aliphatic carbocycles. The van der Waals surface area contributed by atoms with Gasteiger partial charge < -0.3 is 10.5 Å². The second-order valence-corrected chi connectivity index (χ2v) is 5.10. The van der Waals surface area contributed by atoms with Crippen LogP contribution in [-0.2, 0) is 10.0 Å². The lowest BCUT2D eigenvalue weighted by Crippen LogP contribution is -2.15. The highest BCUT2D eigenvalue weighted by atomic mass is 32.2. The molecule has 0 aromatic heterocycles. The summed E-state index contributed by atoms with van der Waals surface area (Å²) in [7, 11) is -3.37. The summed E-state index contributed by atoms with van der Waals surface area (Å²) in [6, 6.07) is 6.70. The Morgan fingerprint density at radius 1 is 1.47 bits per heavy atom. The van der Waals surface area contributed by atoms with Gasteiger partial charge in [0, 0.05) is 12.6 Å². The highest BCUT2D eigenvalue weighted by Gasteiger charge is 2.07. The highest BCUT2D eigenvalue weighted by Crippen LogP contribution is 2.18. The number of hydrogen-bond donors (Lipinski definition) is 2. The molecule has 0 aliphatic rings. The van der Waals surface area contributed by atoms with Crippen LogP contribution in [-0.4, -0.2) is 27.3 Å². The van der Waals surface area contributed by atoms with E-state index >= 15 is 0 Å². The van der Waals surface area contributed by atoms with Gasteiger partial charge in [-0.2, -0.15) is 0 Å². The van der Waals surface area contributed by atoms with Crippen molar-refractivity contribution in [2.24, 2.45) is 5.73 Å². The van der Waals surface area contributed by atoms with Crippen LogP contribution >= 0.6 is 0 Å². The van der Waals surface area contributed by atoms with Crippen LogP contribution < -0.4 is 15.2 Å². The van der Waals surface area contributed by atoms with Gasteiger partial charge in [-0.25, -0.2) is 8.42 Å². The lowest BCUT2D eigenvalue weighted by Gasteiger charge is -2.08. The average molecular weight is 256 g/mol. The van der Waals surface area contributed by atoms with Crippen molar-refractivity contribution in [3.63, 3.8) is 0 Å². The Bertz CT molecular complexity index is 471. The van der Waals surface area contributed by atoms with Crippen molar-refractivity contribution < 1.29 is 13.2 Å². The van der Waals surface area contributed by atoms with E-state index in [4.69, 9.17) is 10.5 Å². The SMILES string of the molecule is C=CCS(=O)(=O)Nc1cccc(OCCN)c1. The fourth-order valence-corrected chi connectivity index (χ4v) is 2.08. The molecular formula is C11H16N2O3S. The van der Waals surface area contributed by atoms with Crippen LogP contribution in [0.2, 0.25) is 0 Å². The number of rotatable bonds is 7. The Balaban J connectivity index is 2.75. The van der Waals surface area contributed by atoms with Gasteiger partial charge in [0.05, 0.1) is 11.4 Å². The Morgan fingerprint density at radius 3 is 2.88 bits per heavy atom. The smallest absolute Gasteiger partial charge is 0.236 e. The van der Waals surface area contributed by atoms with Crippen LogP contribution in [0.3, 0.4) is 0 Å². The predicted molar refractivity (Wildman–Crippen MR) is 68.6 cm³/mol. The zero-order chi connectivity index (χ0) is 12.7. The van der Waals surface area contributed by atoms with Crippen LogP contribution in [0.15, 0.2) is 36.9 Å². The van der Waals surface area contributed by atoms with Crippen molar-refractivity contribution >= 4 is 15.7 Å². The summed E-state index contributed by atoms with van der Waals surface area (Å²) in [6.45, 7) is 4.19. The van der Waals surface area contributed by atoms with Gasteiger partial charge in [-0.05, 0) is 12.1 Å². The number of nitrogens with two attached hydrogens (primary N) is 1. The van der Waals surface area contributed by atoms with Crippen LogP contribution in [0.25, 0.3) is 0 Å². The van der Waals surface area contributed by atoms with Gasteiger partial charge in [0.1, 0.15) is 12.4 Å². The first-order valence-electron chi connectivity index (χ1n) is 5.12. The van der Waals surface area contributed by atoms with Gasteiger partial charge in [-0.3, -0.25) is 4.72 Å². The topological polar surface area (TPSA) is 81.4 Å². The van der Waals surface area contributed by atoms with Crippen LogP contribution in [0, 0.1) is 0 Å². The Labute approximate surface area is 101 Å². The maximum Gasteiger partial charge on any atom is 0.236 e. The first-order chi connectivity index (χ1) is 8.07. The summed E-state index contributed by atoms with van der Waals surface area (Å²) in [4.78, 5) is 0. The minimum absolute atomic E-state index is 0.124. The monoisotopic (exact) mass is 256 g/mol. The fourth-order valence-electron chi connectivity index (χ4n) is 1.20. The number of sulfonamides is 1. The predicted octanol–water partition coefficient (Wildman–Crippen LogP) is 0.952. The minimum Gasteiger partial charge on any atom is -0.492 e. The number of benzene rings is 1. The first kappa shape index (κ1) is 13.5. The number of anilines is 1. The molecule has 5 nitrogen and oxygen atoms in total. The third-order valence-electron chi connectivity index (χ3n) is 1.83. The molecule has 0 saturated carbocycles. The van der Waals surface area contributed by atoms with E-state index in [0.29, 0.717) is 24.6 Å². The van der Waals surface area contributed by atoms with Gasteiger partial charge in [0.2, 0.25) is 10.0 Å². The standard InChI is InChI=1S/C11H16N2O3S/c1-2-8-17(14,15)13-10-4-3-5-11(9-10)16-7-6-12/h2-5,9,13H,1,6-8,12H2. The third-order valence-corrected chi connectivity index (χ3v) is 3.05. The van der Waals surface area contributed by atoms with E-state index in [0.717, 1.165) is 0 Å². The summed E-state index contributed by atoms with van der Waals surface area (Å²) in [6.07, 6.45) is 1.33. The summed E-state index contributed by atoms with van der Waals surface area (Å²) in [5, 5.41) is 0. The van der Waals surface area contributed by atoms with Gasteiger partial charge >= 0.3 is 0 Å². The van der Waals surface area contributed by atoms with Crippen molar-refractivity contribution in [2.45, 2.75) is 0 Å². The molecule has 0 saturated heterocycles. The normalized spacial score (nSPS) is 10.9. The van der Waals surface area contributed by atoms with Crippen LogP contribution in [0.5, 0.6) is 5.75 Å². The summed E-state index contributed by atoms with van der Waals surface area (Å²) >= 11 is 0. The zero-order valence-electron chi connectivity index (χ0n) is 9.43. The molecule has 0 amide bonds. The molecule has 0 spiro atoms. The number of ether oxygens (including phenoxy) is 1. The van der Waals surface area contributed by atoms with E-state index in [1.54, 1.807) is 24.3 Å². The summed E-state index contributed by atoms with van der Waals surface area (Å²) < 4.78 is 30.7. The second-order valence-electron chi connectivity index (χ2n) is 3.34. The molecule has 0 fully saturated rings. The molecule has 0 heterocycles. The molecule has 0 radical (unpaired) electrons. The highest BCUT2D eigenvalue weighted by molar-refractivity contribution is 7.92. The lowest BCUT2D eigenvalue weighted by molar-refractivity contribution is 0.328. The molecule has 0 bridgehead atoms. The van der Waals surface area contributed by atoms with E-state index in [-0.39, 0.29) is 5.75 Å². The quantitative estimate of drug-likeness (QED) is 0.712. The Morgan fingerprint density at radius 2 is 2.24 bits per heavy atom. The maximum absolute atomic E-state index is 11.5.